The van der Waals surface area contributed by atoms with Crippen LogP contribution in [0.2, 0.25) is 0 Å². The topological polar surface area (TPSA) is 72.2 Å². The van der Waals surface area contributed by atoms with Crippen LogP contribution in [0, 0.1) is 0 Å². The molecule has 1 amide bonds. The summed E-state index contributed by atoms with van der Waals surface area (Å²) in [4.78, 5) is 23.2. The van der Waals surface area contributed by atoms with Gasteiger partial charge in [-0.15, -0.1) is 12.4 Å². The molecule has 1 aromatic carbocycles. The van der Waals surface area contributed by atoms with E-state index in [9.17, 15) is 9.59 Å². The van der Waals surface area contributed by atoms with E-state index in [1.165, 1.54) is 0 Å². The van der Waals surface area contributed by atoms with Gasteiger partial charge in [0.05, 0.1) is 0 Å². The number of nitrogens with two attached hydrogens (primary N) is 1. The van der Waals surface area contributed by atoms with E-state index >= 15 is 0 Å². The number of hydrogen-bond donors (Lipinski definition) is 2. The molecule has 3 N–H and O–H groups in total. The SMILES string of the molecule is CC(N)CCNC(=O)CCC(=O)c1ccccc1.Cl. The molecule has 19 heavy (non-hydrogen) atoms. The molecule has 1 aromatic rings. The van der Waals surface area contributed by atoms with E-state index in [1.54, 1.807) is 12.1 Å². The molecule has 106 valence electrons. The van der Waals surface area contributed by atoms with E-state index in [-0.39, 0.29) is 43.0 Å². The van der Waals surface area contributed by atoms with Crippen LogP contribution >= 0.6 is 12.4 Å². The van der Waals surface area contributed by atoms with E-state index in [1.807, 2.05) is 25.1 Å². The number of halogens is 1. The molecule has 0 fully saturated rings. The van der Waals surface area contributed by atoms with Crippen molar-refractivity contribution in [3.05, 3.63) is 35.9 Å². The lowest BCUT2D eigenvalue weighted by molar-refractivity contribution is -0.121. The average Bonchev–Trinajstić information content (AvgIpc) is 2.36. The van der Waals surface area contributed by atoms with Crippen molar-refractivity contribution in [1.29, 1.82) is 0 Å². The van der Waals surface area contributed by atoms with Crippen LogP contribution in [0.1, 0.15) is 36.5 Å². The Labute approximate surface area is 120 Å². The molecule has 1 unspecified atom stereocenters. The lowest BCUT2D eigenvalue weighted by Crippen LogP contribution is -2.29. The molecular weight excluding hydrogens is 264 g/mol. The Bertz CT molecular complexity index is 394. The van der Waals surface area contributed by atoms with E-state index in [4.69, 9.17) is 5.73 Å². The monoisotopic (exact) mass is 284 g/mol. The quantitative estimate of drug-likeness (QED) is 0.752. The maximum Gasteiger partial charge on any atom is 0.220 e. The third-order valence-electron chi connectivity index (χ3n) is 2.60. The number of amides is 1. The predicted molar refractivity (Wildman–Crippen MR) is 78.5 cm³/mol. The molecular formula is C14H21ClN2O2. The number of Topliss-reactive ketones (excluding diaryl/α,β-unsaturated/α-hetero) is 1. The zero-order valence-electron chi connectivity index (χ0n) is 11.1. The highest BCUT2D eigenvalue weighted by atomic mass is 35.5. The number of ketones is 1. The molecule has 1 atom stereocenters. The Kier molecular flexibility index (Phi) is 8.83. The van der Waals surface area contributed by atoms with Gasteiger partial charge in [0.25, 0.3) is 0 Å². The Balaban J connectivity index is 0.00000324. The summed E-state index contributed by atoms with van der Waals surface area (Å²) in [7, 11) is 0. The minimum Gasteiger partial charge on any atom is -0.356 e. The highest BCUT2D eigenvalue weighted by Gasteiger charge is 2.08. The molecule has 4 nitrogen and oxygen atoms in total. The molecule has 1 rings (SSSR count). The average molecular weight is 285 g/mol. The highest BCUT2D eigenvalue weighted by Crippen LogP contribution is 2.04. The van der Waals surface area contributed by atoms with Crippen LogP contribution in [0.3, 0.4) is 0 Å². The molecule has 0 bridgehead atoms. The van der Waals surface area contributed by atoms with Crippen molar-refractivity contribution in [2.75, 3.05) is 6.54 Å². The van der Waals surface area contributed by atoms with E-state index in [2.05, 4.69) is 5.32 Å². The molecule has 0 aliphatic carbocycles. The zero-order chi connectivity index (χ0) is 13.4. The molecule has 0 saturated carbocycles. The molecule has 0 aliphatic heterocycles. The number of carbonyl (C=O) groups is 2. The first-order chi connectivity index (χ1) is 8.59. The van der Waals surface area contributed by atoms with E-state index in [0.29, 0.717) is 12.1 Å². The summed E-state index contributed by atoms with van der Waals surface area (Å²) in [5.41, 5.74) is 6.22. The highest BCUT2D eigenvalue weighted by molar-refractivity contribution is 5.97. The number of nitrogens with one attached hydrogen (secondary N) is 1. The van der Waals surface area contributed by atoms with Crippen LogP contribution < -0.4 is 11.1 Å². The Morgan fingerprint density at radius 1 is 1.21 bits per heavy atom. The normalized spacial score (nSPS) is 11.3. The van der Waals surface area contributed by atoms with Gasteiger partial charge in [-0.3, -0.25) is 9.59 Å². The van der Waals surface area contributed by atoms with Crippen LogP contribution in [0.5, 0.6) is 0 Å². The third kappa shape index (κ3) is 7.59. The molecule has 0 aliphatic rings. The Morgan fingerprint density at radius 3 is 2.42 bits per heavy atom. The van der Waals surface area contributed by atoms with Gasteiger partial charge in [0, 0.05) is 31.0 Å². The van der Waals surface area contributed by atoms with Gasteiger partial charge >= 0.3 is 0 Å². The number of carbonyl (C=O) groups excluding carboxylic acids is 2. The van der Waals surface area contributed by atoms with Crippen molar-refractivity contribution in [3.63, 3.8) is 0 Å². The lowest BCUT2D eigenvalue weighted by Gasteiger charge is -2.07. The first-order valence-electron chi connectivity index (χ1n) is 6.20. The summed E-state index contributed by atoms with van der Waals surface area (Å²) in [6, 6.07) is 9.09. The second kappa shape index (κ2) is 9.53. The summed E-state index contributed by atoms with van der Waals surface area (Å²) in [5, 5.41) is 2.75. The summed E-state index contributed by atoms with van der Waals surface area (Å²) in [6.07, 6.45) is 1.22. The minimum atomic E-state index is -0.0973. The molecule has 0 heterocycles. The van der Waals surface area contributed by atoms with Gasteiger partial charge in [-0.05, 0) is 13.3 Å². The van der Waals surface area contributed by atoms with Crippen molar-refractivity contribution < 1.29 is 9.59 Å². The largest absolute Gasteiger partial charge is 0.356 e. The van der Waals surface area contributed by atoms with Crippen LogP contribution in [0.25, 0.3) is 0 Å². The van der Waals surface area contributed by atoms with Gasteiger partial charge in [0.2, 0.25) is 5.91 Å². The maximum absolute atomic E-state index is 11.7. The Morgan fingerprint density at radius 2 is 1.84 bits per heavy atom. The summed E-state index contributed by atoms with van der Waals surface area (Å²) >= 11 is 0. The molecule has 5 heteroatoms. The summed E-state index contributed by atoms with van der Waals surface area (Å²) < 4.78 is 0. The van der Waals surface area contributed by atoms with Crippen LogP contribution in [-0.4, -0.2) is 24.3 Å². The molecule has 0 aromatic heterocycles. The number of hydrogen-bond acceptors (Lipinski definition) is 3. The number of rotatable bonds is 7. The zero-order valence-corrected chi connectivity index (χ0v) is 11.9. The van der Waals surface area contributed by atoms with Gasteiger partial charge in [0.1, 0.15) is 0 Å². The molecule has 0 spiro atoms. The first kappa shape index (κ1) is 17.6. The Hall–Kier alpha value is -1.39. The van der Waals surface area contributed by atoms with Gasteiger partial charge in [-0.1, -0.05) is 30.3 Å². The standard InChI is InChI=1S/C14H20N2O2.ClH/c1-11(15)9-10-16-14(18)8-7-13(17)12-5-3-2-4-6-12;/h2-6,11H,7-10,15H2,1H3,(H,16,18);1H. The number of benzene rings is 1. The summed E-state index contributed by atoms with van der Waals surface area (Å²) in [6.45, 7) is 2.46. The van der Waals surface area contributed by atoms with Crippen molar-refractivity contribution in [2.45, 2.75) is 32.2 Å². The van der Waals surface area contributed by atoms with Gasteiger partial charge in [-0.25, -0.2) is 0 Å². The van der Waals surface area contributed by atoms with Crippen molar-refractivity contribution >= 4 is 24.1 Å². The molecule has 0 saturated heterocycles. The predicted octanol–water partition coefficient (Wildman–Crippen LogP) is 1.92. The second-order valence-corrected chi connectivity index (χ2v) is 4.41. The third-order valence-corrected chi connectivity index (χ3v) is 2.60. The fourth-order valence-corrected chi connectivity index (χ4v) is 1.52. The summed E-state index contributed by atoms with van der Waals surface area (Å²) in [5.74, 6) is -0.0992. The van der Waals surface area contributed by atoms with Gasteiger partial charge < -0.3 is 11.1 Å². The molecule has 0 radical (unpaired) electrons. The van der Waals surface area contributed by atoms with Crippen LogP contribution in [-0.2, 0) is 4.79 Å². The second-order valence-electron chi connectivity index (χ2n) is 4.41. The van der Waals surface area contributed by atoms with Crippen molar-refractivity contribution in [1.82, 2.24) is 5.32 Å². The van der Waals surface area contributed by atoms with E-state index in [0.717, 1.165) is 6.42 Å². The lowest BCUT2D eigenvalue weighted by atomic mass is 10.1. The van der Waals surface area contributed by atoms with Crippen LogP contribution in [0.4, 0.5) is 0 Å². The maximum atomic E-state index is 11.7. The fraction of sp³-hybridized carbons (Fsp3) is 0.429. The van der Waals surface area contributed by atoms with Gasteiger partial charge in [0.15, 0.2) is 5.78 Å². The van der Waals surface area contributed by atoms with Gasteiger partial charge in [-0.2, -0.15) is 0 Å². The van der Waals surface area contributed by atoms with Crippen LogP contribution in [0.15, 0.2) is 30.3 Å². The fourth-order valence-electron chi connectivity index (χ4n) is 1.52. The minimum absolute atomic E-state index is 0. The van der Waals surface area contributed by atoms with Crippen molar-refractivity contribution in [2.24, 2.45) is 5.73 Å². The smallest absolute Gasteiger partial charge is 0.220 e. The first-order valence-corrected chi connectivity index (χ1v) is 6.20. The van der Waals surface area contributed by atoms with Crippen molar-refractivity contribution in [3.8, 4) is 0 Å². The van der Waals surface area contributed by atoms with E-state index < -0.39 is 0 Å².